The van der Waals surface area contributed by atoms with Crippen molar-refractivity contribution < 1.29 is 4.79 Å². The number of rotatable bonds is 6. The normalized spacial score (nSPS) is 10.6. The topological polar surface area (TPSA) is 54.9 Å². The minimum Gasteiger partial charge on any atom is -0.344 e. The first-order valence-electron chi connectivity index (χ1n) is 7.32. The van der Waals surface area contributed by atoms with Gasteiger partial charge in [-0.15, -0.1) is 11.3 Å². The first kappa shape index (κ1) is 15.6. The molecule has 0 atom stereocenters. The maximum absolute atomic E-state index is 12.2. The van der Waals surface area contributed by atoms with Crippen molar-refractivity contribution in [2.45, 2.75) is 46.6 Å². The number of thiophene rings is 1. The molecule has 0 aliphatic rings. The maximum atomic E-state index is 12.2. The predicted molar refractivity (Wildman–Crippen MR) is 85.6 cm³/mol. The number of hydrogen-bond acceptors (Lipinski definition) is 4. The summed E-state index contributed by atoms with van der Waals surface area (Å²) in [6.45, 7) is 6.57. The molecule has 0 aliphatic carbocycles. The smallest absolute Gasteiger partial charge is 0.261 e. The molecule has 5 heteroatoms. The van der Waals surface area contributed by atoms with E-state index in [1.54, 1.807) is 17.5 Å². The predicted octanol–water partition coefficient (Wildman–Crippen LogP) is 3.29. The van der Waals surface area contributed by atoms with Crippen molar-refractivity contribution in [1.82, 2.24) is 15.3 Å². The lowest BCUT2D eigenvalue weighted by Crippen LogP contribution is -2.23. The Morgan fingerprint density at radius 1 is 1.38 bits per heavy atom. The molecule has 21 heavy (non-hydrogen) atoms. The van der Waals surface area contributed by atoms with E-state index in [4.69, 9.17) is 0 Å². The molecule has 1 N–H and O–H groups in total. The summed E-state index contributed by atoms with van der Waals surface area (Å²) >= 11 is 1.60. The highest BCUT2D eigenvalue weighted by Gasteiger charge is 2.13. The van der Waals surface area contributed by atoms with Gasteiger partial charge in [-0.25, -0.2) is 9.97 Å². The van der Waals surface area contributed by atoms with Crippen molar-refractivity contribution >= 4 is 17.2 Å². The Kier molecular flexibility index (Phi) is 5.44. The molecule has 2 aromatic rings. The Labute approximate surface area is 129 Å². The summed E-state index contributed by atoms with van der Waals surface area (Å²) in [7, 11) is 0. The minimum atomic E-state index is -0.0397. The van der Waals surface area contributed by atoms with Crippen molar-refractivity contribution in [3.05, 3.63) is 45.2 Å². The van der Waals surface area contributed by atoms with Crippen LogP contribution < -0.4 is 5.32 Å². The lowest BCUT2D eigenvalue weighted by atomic mass is 10.1. The SMILES string of the molecule is CCCc1sc(C(=O)NCc2nccc(C)n2)cc1CC. The Morgan fingerprint density at radius 3 is 2.86 bits per heavy atom. The van der Waals surface area contributed by atoms with Crippen LogP contribution >= 0.6 is 11.3 Å². The number of amides is 1. The molecule has 0 bridgehead atoms. The molecule has 2 heterocycles. The second-order valence-corrected chi connectivity index (χ2v) is 6.10. The second kappa shape index (κ2) is 7.31. The van der Waals surface area contributed by atoms with Gasteiger partial charge in [0.1, 0.15) is 5.82 Å². The summed E-state index contributed by atoms with van der Waals surface area (Å²) in [6.07, 6.45) is 4.83. The molecule has 0 saturated heterocycles. The van der Waals surface area contributed by atoms with Crippen molar-refractivity contribution in [2.24, 2.45) is 0 Å². The number of hydrogen-bond donors (Lipinski definition) is 1. The quantitative estimate of drug-likeness (QED) is 0.891. The van der Waals surface area contributed by atoms with E-state index < -0.39 is 0 Å². The van der Waals surface area contributed by atoms with E-state index in [1.165, 1.54) is 10.4 Å². The van der Waals surface area contributed by atoms with Gasteiger partial charge in [-0.1, -0.05) is 20.3 Å². The molecule has 0 aliphatic heterocycles. The van der Waals surface area contributed by atoms with Crippen LogP contribution in [0.1, 0.15) is 51.9 Å². The number of aryl methyl sites for hydroxylation is 3. The van der Waals surface area contributed by atoms with Crippen LogP contribution in [-0.4, -0.2) is 15.9 Å². The molecular weight excluding hydrogens is 282 g/mol. The van der Waals surface area contributed by atoms with Gasteiger partial charge in [0.25, 0.3) is 5.91 Å². The molecule has 2 rings (SSSR count). The number of nitrogens with one attached hydrogen (secondary N) is 1. The van der Waals surface area contributed by atoms with Crippen molar-refractivity contribution in [2.75, 3.05) is 0 Å². The molecular formula is C16H21N3OS. The zero-order valence-electron chi connectivity index (χ0n) is 12.8. The summed E-state index contributed by atoms with van der Waals surface area (Å²) in [6, 6.07) is 3.86. The lowest BCUT2D eigenvalue weighted by molar-refractivity contribution is 0.0954. The fourth-order valence-electron chi connectivity index (χ4n) is 2.15. The van der Waals surface area contributed by atoms with Gasteiger partial charge in [-0.05, 0) is 37.5 Å². The average molecular weight is 303 g/mol. The van der Waals surface area contributed by atoms with Crippen LogP contribution in [0.3, 0.4) is 0 Å². The molecule has 4 nitrogen and oxygen atoms in total. The summed E-state index contributed by atoms with van der Waals surface area (Å²) in [5, 5.41) is 2.90. The van der Waals surface area contributed by atoms with Crippen molar-refractivity contribution in [3.63, 3.8) is 0 Å². The van der Waals surface area contributed by atoms with Crippen molar-refractivity contribution in [1.29, 1.82) is 0 Å². The minimum absolute atomic E-state index is 0.0397. The molecule has 0 saturated carbocycles. The van der Waals surface area contributed by atoms with Crippen molar-refractivity contribution in [3.8, 4) is 0 Å². The average Bonchev–Trinajstić information content (AvgIpc) is 2.88. The van der Waals surface area contributed by atoms with Gasteiger partial charge in [0.2, 0.25) is 0 Å². The van der Waals surface area contributed by atoms with E-state index >= 15 is 0 Å². The maximum Gasteiger partial charge on any atom is 0.261 e. The first-order valence-corrected chi connectivity index (χ1v) is 8.14. The standard InChI is InChI=1S/C16H21N3OS/c1-4-6-13-12(5-2)9-14(21-13)16(20)18-10-15-17-8-7-11(3)19-15/h7-9H,4-6,10H2,1-3H3,(H,18,20). The second-order valence-electron chi connectivity index (χ2n) is 4.96. The van der Waals surface area contributed by atoms with Crippen LogP contribution in [0.15, 0.2) is 18.3 Å². The molecule has 0 radical (unpaired) electrons. The van der Waals surface area contributed by atoms with Crippen LogP contribution in [0.25, 0.3) is 0 Å². The van der Waals surface area contributed by atoms with Crippen LogP contribution in [0.2, 0.25) is 0 Å². The number of carbonyl (C=O) groups is 1. The van der Waals surface area contributed by atoms with Gasteiger partial charge in [0, 0.05) is 16.8 Å². The summed E-state index contributed by atoms with van der Waals surface area (Å²) < 4.78 is 0. The van der Waals surface area contributed by atoms with Gasteiger partial charge in [0.05, 0.1) is 11.4 Å². The molecule has 0 spiro atoms. The summed E-state index contributed by atoms with van der Waals surface area (Å²) in [4.78, 5) is 22.8. The molecule has 112 valence electrons. The Bertz CT molecular complexity index is 622. The van der Waals surface area contributed by atoms with Crippen LogP contribution in [-0.2, 0) is 19.4 Å². The van der Waals surface area contributed by atoms with Gasteiger partial charge in [0.15, 0.2) is 0 Å². The van der Waals surface area contributed by atoms with E-state index in [0.29, 0.717) is 12.4 Å². The number of aromatic nitrogens is 2. The fraction of sp³-hybridized carbons (Fsp3) is 0.438. The highest BCUT2D eigenvalue weighted by Crippen LogP contribution is 2.24. The van der Waals surface area contributed by atoms with Gasteiger partial charge in [-0.2, -0.15) is 0 Å². The van der Waals surface area contributed by atoms with E-state index in [-0.39, 0.29) is 5.91 Å². The number of nitrogens with zero attached hydrogens (tertiary/aromatic N) is 2. The summed E-state index contributed by atoms with van der Waals surface area (Å²) in [5.74, 6) is 0.603. The summed E-state index contributed by atoms with van der Waals surface area (Å²) in [5.41, 5.74) is 2.20. The lowest BCUT2D eigenvalue weighted by Gasteiger charge is -2.02. The number of carbonyl (C=O) groups excluding carboxylic acids is 1. The highest BCUT2D eigenvalue weighted by molar-refractivity contribution is 7.14. The monoisotopic (exact) mass is 303 g/mol. The molecule has 2 aromatic heterocycles. The zero-order valence-corrected chi connectivity index (χ0v) is 13.6. The van der Waals surface area contributed by atoms with E-state index in [1.807, 2.05) is 19.1 Å². The highest BCUT2D eigenvalue weighted by atomic mass is 32.1. The largest absolute Gasteiger partial charge is 0.344 e. The molecule has 0 aromatic carbocycles. The Morgan fingerprint density at radius 2 is 2.19 bits per heavy atom. The molecule has 1 amide bonds. The van der Waals surface area contributed by atoms with E-state index in [0.717, 1.165) is 29.8 Å². The van der Waals surface area contributed by atoms with Crippen LogP contribution in [0.5, 0.6) is 0 Å². The third-order valence-corrected chi connectivity index (χ3v) is 4.47. The third-order valence-electron chi connectivity index (χ3n) is 3.23. The van der Waals surface area contributed by atoms with Crippen LogP contribution in [0.4, 0.5) is 0 Å². The first-order chi connectivity index (χ1) is 10.1. The van der Waals surface area contributed by atoms with Gasteiger partial charge >= 0.3 is 0 Å². The Hall–Kier alpha value is -1.75. The fourth-order valence-corrected chi connectivity index (χ4v) is 3.42. The third kappa shape index (κ3) is 4.11. The van der Waals surface area contributed by atoms with Gasteiger partial charge < -0.3 is 5.32 Å². The van der Waals surface area contributed by atoms with Gasteiger partial charge in [-0.3, -0.25) is 4.79 Å². The van der Waals surface area contributed by atoms with E-state index in [2.05, 4.69) is 29.1 Å². The van der Waals surface area contributed by atoms with Crippen LogP contribution in [0, 0.1) is 6.92 Å². The Balaban J connectivity index is 2.03. The zero-order chi connectivity index (χ0) is 15.2. The molecule has 0 unspecified atom stereocenters. The molecule has 0 fully saturated rings. The van der Waals surface area contributed by atoms with E-state index in [9.17, 15) is 4.79 Å².